The fourth-order valence-electron chi connectivity index (χ4n) is 3.58. The van der Waals surface area contributed by atoms with Crippen molar-refractivity contribution in [1.29, 1.82) is 0 Å². The summed E-state index contributed by atoms with van der Waals surface area (Å²) in [6.07, 6.45) is -10.8. The van der Waals surface area contributed by atoms with Gasteiger partial charge in [-0.15, -0.1) is 0 Å². The van der Waals surface area contributed by atoms with Gasteiger partial charge in [-0.2, -0.15) is 0 Å². The number of phenols is 1. The van der Waals surface area contributed by atoms with E-state index in [4.69, 9.17) is 18.9 Å². The average molecular weight is 488 g/mol. The van der Waals surface area contributed by atoms with Gasteiger partial charge in [0.15, 0.2) is 6.29 Å². The Balaban J connectivity index is 1.62. The highest BCUT2D eigenvalue weighted by Crippen LogP contribution is 2.36. The molecule has 0 saturated carbocycles. The number of ether oxygens (including phenoxy) is 4. The first-order valence-corrected chi connectivity index (χ1v) is 10.4. The highest BCUT2D eigenvalue weighted by atomic mass is 16.8. The summed E-state index contributed by atoms with van der Waals surface area (Å²) in [5, 5.41) is 79.0. The summed E-state index contributed by atoms with van der Waals surface area (Å²) in [5.41, 5.74) is 0.606. The Kier molecular flexibility index (Phi) is 8.59. The van der Waals surface area contributed by atoms with Gasteiger partial charge >= 0.3 is 5.97 Å². The molecule has 9 atom stereocenters. The Morgan fingerprint density at radius 3 is 2.26 bits per heavy atom. The lowest BCUT2D eigenvalue weighted by molar-refractivity contribution is -0.383. The maximum absolute atomic E-state index is 12.0. The molecule has 2 saturated heterocycles. The SMILES string of the molecule is O=C(C=Cc1ccc(O)cc1)OCC1OC(CO)(OC2OC(CO)C(O)C(O)C2O)C(O)C1O. The predicted molar refractivity (Wildman–Crippen MR) is 110 cm³/mol. The van der Waals surface area contributed by atoms with Crippen LogP contribution in [0.25, 0.3) is 6.08 Å². The van der Waals surface area contributed by atoms with Gasteiger partial charge in [0.1, 0.15) is 61.7 Å². The molecule has 34 heavy (non-hydrogen) atoms. The summed E-state index contributed by atoms with van der Waals surface area (Å²) in [7, 11) is 0. The second-order valence-electron chi connectivity index (χ2n) is 7.93. The van der Waals surface area contributed by atoms with Gasteiger partial charge in [0, 0.05) is 6.08 Å². The third-order valence-corrected chi connectivity index (χ3v) is 5.59. The van der Waals surface area contributed by atoms with Crippen molar-refractivity contribution in [2.45, 2.75) is 54.8 Å². The Labute approximate surface area is 193 Å². The van der Waals surface area contributed by atoms with Crippen LogP contribution in [0.3, 0.4) is 0 Å². The summed E-state index contributed by atoms with van der Waals surface area (Å²) >= 11 is 0. The van der Waals surface area contributed by atoms with Crippen molar-refractivity contribution in [1.82, 2.24) is 0 Å². The van der Waals surface area contributed by atoms with E-state index in [1.54, 1.807) is 12.1 Å². The molecular formula is C21H28O13. The lowest BCUT2D eigenvalue weighted by Crippen LogP contribution is -2.62. The number of benzene rings is 1. The summed E-state index contributed by atoms with van der Waals surface area (Å²) < 4.78 is 21.0. The zero-order valence-corrected chi connectivity index (χ0v) is 17.8. The highest BCUT2D eigenvalue weighted by molar-refractivity contribution is 5.87. The molecule has 0 aliphatic carbocycles. The summed E-state index contributed by atoms with van der Waals surface area (Å²) in [4.78, 5) is 12.0. The largest absolute Gasteiger partial charge is 0.508 e. The first-order chi connectivity index (χ1) is 16.1. The van der Waals surface area contributed by atoms with Crippen LogP contribution in [-0.2, 0) is 23.7 Å². The van der Waals surface area contributed by atoms with Crippen molar-refractivity contribution in [3.8, 4) is 5.75 Å². The van der Waals surface area contributed by atoms with Gasteiger partial charge in [0.25, 0.3) is 0 Å². The van der Waals surface area contributed by atoms with Crippen molar-refractivity contribution in [3.63, 3.8) is 0 Å². The number of aromatic hydroxyl groups is 1. The molecule has 1 aromatic carbocycles. The van der Waals surface area contributed by atoms with Crippen LogP contribution in [0.1, 0.15) is 5.56 Å². The molecule has 1 aromatic rings. The fraction of sp³-hybridized carbons (Fsp3) is 0.571. The highest BCUT2D eigenvalue weighted by Gasteiger charge is 2.58. The number of carbonyl (C=O) groups is 1. The molecule has 9 unspecified atom stereocenters. The van der Waals surface area contributed by atoms with Crippen LogP contribution in [0.5, 0.6) is 5.75 Å². The summed E-state index contributed by atoms with van der Waals surface area (Å²) in [6, 6.07) is 5.98. The monoisotopic (exact) mass is 488 g/mol. The molecule has 13 heteroatoms. The molecule has 2 aliphatic heterocycles. The maximum Gasteiger partial charge on any atom is 0.330 e. The molecule has 8 N–H and O–H groups in total. The third kappa shape index (κ3) is 5.55. The fourth-order valence-corrected chi connectivity index (χ4v) is 3.58. The van der Waals surface area contributed by atoms with Gasteiger partial charge in [-0.3, -0.25) is 0 Å². The minimum Gasteiger partial charge on any atom is -0.508 e. The Morgan fingerprint density at radius 1 is 0.971 bits per heavy atom. The van der Waals surface area contributed by atoms with E-state index >= 15 is 0 Å². The minimum absolute atomic E-state index is 0.0592. The maximum atomic E-state index is 12.0. The van der Waals surface area contributed by atoms with Gasteiger partial charge in [0.2, 0.25) is 5.79 Å². The average Bonchev–Trinajstić information content (AvgIpc) is 3.07. The van der Waals surface area contributed by atoms with E-state index < -0.39 is 80.6 Å². The Bertz CT molecular complexity index is 844. The molecule has 190 valence electrons. The van der Waals surface area contributed by atoms with Crippen molar-refractivity contribution in [2.75, 3.05) is 19.8 Å². The van der Waals surface area contributed by atoms with E-state index in [9.17, 15) is 45.6 Å². The number of hydrogen-bond donors (Lipinski definition) is 8. The molecule has 2 aliphatic rings. The van der Waals surface area contributed by atoms with Crippen LogP contribution < -0.4 is 0 Å². The van der Waals surface area contributed by atoms with Crippen LogP contribution in [0, 0.1) is 0 Å². The van der Waals surface area contributed by atoms with Gasteiger partial charge in [-0.1, -0.05) is 12.1 Å². The number of aliphatic hydroxyl groups is 7. The van der Waals surface area contributed by atoms with Gasteiger partial charge in [0.05, 0.1) is 6.61 Å². The lowest BCUT2D eigenvalue weighted by Gasteiger charge is -2.43. The molecule has 0 spiro atoms. The van der Waals surface area contributed by atoms with E-state index in [-0.39, 0.29) is 5.75 Å². The number of carbonyl (C=O) groups excluding carboxylic acids is 1. The van der Waals surface area contributed by atoms with E-state index in [0.717, 1.165) is 6.08 Å². The van der Waals surface area contributed by atoms with Crippen molar-refractivity contribution < 1.29 is 64.6 Å². The molecule has 0 amide bonds. The van der Waals surface area contributed by atoms with Crippen LogP contribution in [0.4, 0.5) is 0 Å². The molecule has 3 rings (SSSR count). The molecule has 0 bridgehead atoms. The standard InChI is InChI=1S/C21H28O13/c22-7-12-15(26)17(28)18(29)20(32-12)34-21(9-23)19(30)16(27)13(33-21)8-31-14(25)6-3-10-1-4-11(24)5-2-10/h1-6,12-13,15-20,22-24,26-30H,7-9H2. The Hall–Kier alpha value is -2.17. The number of phenolic OH excluding ortho intramolecular Hbond substituents is 1. The van der Waals surface area contributed by atoms with E-state index in [1.807, 2.05) is 0 Å². The lowest BCUT2D eigenvalue weighted by atomic mass is 9.99. The molecular weight excluding hydrogens is 460 g/mol. The smallest absolute Gasteiger partial charge is 0.330 e. The zero-order valence-electron chi connectivity index (χ0n) is 17.8. The van der Waals surface area contributed by atoms with Crippen molar-refractivity contribution >= 4 is 12.0 Å². The van der Waals surface area contributed by atoms with Crippen LogP contribution >= 0.6 is 0 Å². The number of rotatable bonds is 8. The second-order valence-corrected chi connectivity index (χ2v) is 7.93. The first kappa shape index (κ1) is 26.4. The van der Waals surface area contributed by atoms with Gasteiger partial charge < -0.3 is 59.8 Å². The molecule has 0 radical (unpaired) electrons. The van der Waals surface area contributed by atoms with Gasteiger partial charge in [-0.25, -0.2) is 4.79 Å². The van der Waals surface area contributed by atoms with Crippen LogP contribution in [-0.4, -0.2) is 121 Å². The molecule has 2 heterocycles. The van der Waals surface area contributed by atoms with Gasteiger partial charge in [-0.05, 0) is 23.8 Å². The first-order valence-electron chi connectivity index (χ1n) is 10.4. The number of esters is 1. The van der Waals surface area contributed by atoms with Crippen molar-refractivity contribution in [2.24, 2.45) is 0 Å². The van der Waals surface area contributed by atoms with E-state index in [0.29, 0.717) is 5.56 Å². The third-order valence-electron chi connectivity index (χ3n) is 5.59. The van der Waals surface area contributed by atoms with Crippen LogP contribution in [0.15, 0.2) is 30.3 Å². The van der Waals surface area contributed by atoms with Crippen molar-refractivity contribution in [3.05, 3.63) is 35.9 Å². The minimum atomic E-state index is -2.34. The van der Waals surface area contributed by atoms with E-state index in [1.165, 1.54) is 18.2 Å². The number of hydrogen-bond acceptors (Lipinski definition) is 13. The van der Waals surface area contributed by atoms with Crippen LogP contribution in [0.2, 0.25) is 0 Å². The molecule has 13 nitrogen and oxygen atoms in total. The predicted octanol–water partition coefficient (Wildman–Crippen LogP) is -3.43. The Morgan fingerprint density at radius 2 is 1.65 bits per heavy atom. The summed E-state index contributed by atoms with van der Waals surface area (Å²) in [5.74, 6) is -3.09. The zero-order chi connectivity index (χ0) is 25.0. The quantitative estimate of drug-likeness (QED) is 0.132. The molecule has 2 fully saturated rings. The molecule has 0 aromatic heterocycles. The second kappa shape index (κ2) is 11.0. The summed E-state index contributed by atoms with van der Waals surface area (Å²) in [6.45, 7) is -2.32. The normalized spacial score (nSPS) is 38.3. The topological polar surface area (TPSA) is 216 Å². The van der Waals surface area contributed by atoms with E-state index in [2.05, 4.69) is 0 Å². The number of aliphatic hydroxyl groups excluding tert-OH is 7.